The number of carbonyl (C=O) groups excluding carboxylic acids is 8. The zero-order valence-electron chi connectivity index (χ0n) is 50.8. The van der Waals surface area contributed by atoms with Crippen LogP contribution in [0.1, 0.15) is 105 Å². The molecule has 0 radical (unpaired) electrons. The molecule has 8 amide bonds. The van der Waals surface area contributed by atoms with E-state index in [0.717, 1.165) is 11.1 Å². The number of pyridine rings is 1. The van der Waals surface area contributed by atoms with Gasteiger partial charge >= 0.3 is 24.2 Å². The summed E-state index contributed by atoms with van der Waals surface area (Å²) in [4.78, 5) is 112. The molecule has 3 aliphatic rings. The normalized spacial score (nSPS) is 23.9. The Morgan fingerprint density at radius 2 is 1.77 bits per heavy atom. The number of aromatic nitrogens is 1. The molecule has 2 aromatic carbocycles. The summed E-state index contributed by atoms with van der Waals surface area (Å²) in [6.07, 6.45) is 1.25. The van der Waals surface area contributed by atoms with E-state index < -0.39 is 108 Å². The minimum Gasteiger partial charge on any atom is -0.495 e. The number of ether oxygens (including phenoxy) is 6. The van der Waals surface area contributed by atoms with Gasteiger partial charge in [-0.25, -0.2) is 24.2 Å². The number of primary amides is 1. The number of nitrogens with two attached hydrogens (primary N) is 1. The Morgan fingerprint density at radius 1 is 1.03 bits per heavy atom. The number of nitrogens with zero attached hydrogens (tertiary/aromatic N) is 2. The Bertz CT molecular complexity index is 3140. The zero-order chi connectivity index (χ0) is 64.1. The topological polar surface area (TPSA) is 330 Å². The van der Waals surface area contributed by atoms with Crippen molar-refractivity contribution in [3.8, 4) is 5.75 Å². The lowest BCUT2D eigenvalue weighted by atomic mass is 9.83. The monoisotopic (exact) mass is 1290 g/mol. The first kappa shape index (κ1) is 68.8. The van der Waals surface area contributed by atoms with Crippen LogP contribution < -0.4 is 47.3 Å². The molecule has 24 nitrogen and oxygen atoms in total. The van der Waals surface area contributed by atoms with Crippen LogP contribution >= 0.6 is 27.5 Å². The molecule has 0 spiro atoms. The number of alkyl carbamates (subject to hydrolysis) is 1. The first-order chi connectivity index (χ1) is 41.0. The molecule has 0 aliphatic carbocycles. The van der Waals surface area contributed by atoms with Crippen molar-refractivity contribution in [3.05, 3.63) is 89.0 Å². The number of esters is 1. The van der Waals surface area contributed by atoms with Crippen LogP contribution in [0.5, 0.6) is 5.75 Å². The Morgan fingerprint density at radius 3 is 2.45 bits per heavy atom. The van der Waals surface area contributed by atoms with Gasteiger partial charge in [0.15, 0.2) is 5.72 Å². The highest BCUT2D eigenvalue weighted by Crippen LogP contribution is 2.49. The van der Waals surface area contributed by atoms with Gasteiger partial charge in [0.25, 0.3) is 0 Å². The lowest BCUT2D eigenvalue weighted by Gasteiger charge is -2.42. The number of unbranched alkanes of at least 4 members (excludes halogenated alkanes) is 1. The number of nitrogens with one attached hydrogen (secondary N) is 6. The van der Waals surface area contributed by atoms with Crippen LogP contribution in [0.4, 0.5) is 31.6 Å². The number of methoxy groups -OCH3 is 2. The fraction of sp³-hybridized carbons (Fsp3) is 0.525. The number of hydrogen-bond acceptors (Lipinski definition) is 16. The van der Waals surface area contributed by atoms with Crippen molar-refractivity contribution in [3.63, 3.8) is 0 Å². The van der Waals surface area contributed by atoms with Gasteiger partial charge < -0.3 is 65.4 Å². The summed E-state index contributed by atoms with van der Waals surface area (Å²) in [5.41, 5.74) is 4.22. The van der Waals surface area contributed by atoms with Crippen LogP contribution in [0.3, 0.4) is 0 Å². The second-order valence-corrected chi connectivity index (χ2v) is 24.2. The molecule has 6 rings (SSSR count). The zero-order valence-corrected chi connectivity index (χ0v) is 53.1. The van der Waals surface area contributed by atoms with Crippen LogP contribution in [0.25, 0.3) is 10.9 Å². The van der Waals surface area contributed by atoms with E-state index in [1.54, 1.807) is 97.1 Å². The summed E-state index contributed by atoms with van der Waals surface area (Å²) in [7, 11) is 4.42. The average molecular weight is 1300 g/mol. The number of epoxide rings is 1. The molecule has 4 bridgehead atoms. The maximum atomic E-state index is 14.4. The fourth-order valence-electron chi connectivity index (χ4n) is 10.5. The maximum absolute atomic E-state index is 14.4. The first-order valence-electron chi connectivity index (χ1n) is 28.7. The van der Waals surface area contributed by atoms with E-state index in [0.29, 0.717) is 48.0 Å². The summed E-state index contributed by atoms with van der Waals surface area (Å²) in [6.45, 7) is 16.2. The van der Waals surface area contributed by atoms with Crippen molar-refractivity contribution < 1.29 is 71.9 Å². The molecule has 1 aromatic heterocycles. The molecule has 4 heterocycles. The standard InChI is InChI=1S/C61H81BrClN9O15/c1-33(2)51(70-48(73)19-12-13-24-59(6,7)87-55(77)35(4)32-62)54(76)68-41(17-15-25-65-56(64)78)53(75)69-47-23-20-38-29-39(21-22-40(38)67-47)66-57(79)85-46-30-49(74)72(9)42-27-37(28-43(82-10)50(42)63)26-34(3)16-14-18-45(83-11)61(81)31-44(84-58(80)71-61)36(5)52-60(46,8)86-52/h14,16,18,20-23,27-29,33,36,41,44-46,51-52,81H,4,12-13,15,17,19,24-26,30-32H2,1-3,5-11H3,(H,66,79)(H,68,76)(H,70,73)(H,71,80)(H3,64,65,78)(H,67,69,75)/b18-14+,34-16+/t36-,41+,44+,45-,46+,51+,52+,60+,61+/m1/s1. The number of anilines is 3. The van der Waals surface area contributed by atoms with E-state index in [-0.39, 0.29) is 71.5 Å². The highest BCUT2D eigenvalue weighted by molar-refractivity contribution is 9.09. The van der Waals surface area contributed by atoms with Crippen molar-refractivity contribution >= 4 is 103 Å². The van der Waals surface area contributed by atoms with E-state index in [9.17, 15) is 43.5 Å². The molecule has 9 N–H and O–H groups in total. The summed E-state index contributed by atoms with van der Waals surface area (Å²) in [5, 5.41) is 29.0. The smallest absolute Gasteiger partial charge is 0.412 e. The second kappa shape index (κ2) is 30.1. The molecule has 474 valence electrons. The van der Waals surface area contributed by atoms with E-state index in [4.69, 9.17) is 45.8 Å². The largest absolute Gasteiger partial charge is 0.495 e. The second-order valence-electron chi connectivity index (χ2n) is 23.3. The van der Waals surface area contributed by atoms with Gasteiger partial charge in [-0.05, 0) is 120 Å². The van der Waals surface area contributed by atoms with Gasteiger partial charge in [-0.15, -0.1) is 0 Å². The molecule has 3 aliphatic heterocycles. The molecular formula is C61H81BrClN9O15. The Balaban J connectivity index is 1.16. The predicted octanol–water partition coefficient (Wildman–Crippen LogP) is 7.77. The van der Waals surface area contributed by atoms with Crippen molar-refractivity contribution in [2.75, 3.05) is 48.7 Å². The third kappa shape index (κ3) is 18.6. The quantitative estimate of drug-likeness (QED) is 0.0119. The third-order valence-corrected chi connectivity index (χ3v) is 16.6. The maximum Gasteiger partial charge on any atom is 0.412 e. The predicted molar refractivity (Wildman–Crippen MR) is 330 cm³/mol. The third-order valence-electron chi connectivity index (χ3n) is 15.5. The van der Waals surface area contributed by atoms with Crippen LogP contribution in [0, 0.1) is 11.8 Å². The van der Waals surface area contributed by atoms with Gasteiger partial charge in [0.1, 0.15) is 58.2 Å². The Labute approximate surface area is 519 Å². The molecule has 9 atom stereocenters. The van der Waals surface area contributed by atoms with Gasteiger partial charge in [0.2, 0.25) is 23.6 Å². The van der Waals surface area contributed by atoms with Crippen molar-refractivity contribution in [1.29, 1.82) is 0 Å². The number of amides is 8. The summed E-state index contributed by atoms with van der Waals surface area (Å²) < 4.78 is 35.0. The van der Waals surface area contributed by atoms with Gasteiger partial charge in [-0.1, -0.05) is 78.7 Å². The molecule has 2 saturated heterocycles. The van der Waals surface area contributed by atoms with Gasteiger partial charge in [0, 0.05) is 61.4 Å². The number of allylic oxidation sites excluding steroid dienone is 3. The summed E-state index contributed by atoms with van der Waals surface area (Å²) >= 11 is 10.0. The van der Waals surface area contributed by atoms with E-state index in [2.05, 4.69) is 59.4 Å². The first-order valence-corrected chi connectivity index (χ1v) is 30.2. The number of hydrogen-bond donors (Lipinski definition) is 8. The van der Waals surface area contributed by atoms with E-state index >= 15 is 0 Å². The summed E-state index contributed by atoms with van der Waals surface area (Å²) in [5.74, 6) is -3.16. The molecule has 0 saturated carbocycles. The molecule has 3 aromatic rings. The molecular weight excluding hydrogens is 1210 g/mol. The number of carbonyl (C=O) groups is 8. The SMILES string of the molecule is C=C(CBr)C(=O)OC(C)(C)CCCCC(=O)N[C@H](C(=O)N[C@@H](CCCNC(N)=O)C(=O)Nc1ccc2cc(NC(=O)O[C@H]3CC(=O)N(C)c4cc(cc(OC)c4Cl)C/C(C)=C/C=C/[C@@H](OC)[C@@]4(O)C[C@H](OC(=O)N4)[C@@H](C)[C@@H]4O[C@@]34C)ccc2n1)C(C)C. The molecule has 26 heteroatoms. The lowest BCUT2D eigenvalue weighted by Crippen LogP contribution is -2.63. The minimum atomic E-state index is -1.89. The van der Waals surface area contributed by atoms with Crippen molar-refractivity contribution in [2.45, 2.75) is 160 Å². The van der Waals surface area contributed by atoms with Gasteiger partial charge in [-0.3, -0.25) is 29.8 Å². The summed E-state index contributed by atoms with van der Waals surface area (Å²) in [6, 6.07) is 8.56. The van der Waals surface area contributed by atoms with Crippen molar-refractivity contribution in [1.82, 2.24) is 26.3 Å². The van der Waals surface area contributed by atoms with E-state index in [1.807, 2.05) is 13.0 Å². The van der Waals surface area contributed by atoms with Crippen LogP contribution in [0.15, 0.2) is 78.4 Å². The Hall–Kier alpha value is -7.32. The number of rotatable bonds is 22. The van der Waals surface area contributed by atoms with Crippen LogP contribution in [-0.2, 0) is 54.1 Å². The number of benzene rings is 2. The molecule has 87 heavy (non-hydrogen) atoms. The fourth-order valence-corrected chi connectivity index (χ4v) is 11.0. The minimum absolute atomic E-state index is 0.0653. The number of alkyl halides is 1. The highest BCUT2D eigenvalue weighted by Gasteiger charge is 2.64. The molecule has 0 unspecified atom stereocenters. The van der Waals surface area contributed by atoms with E-state index in [1.165, 1.54) is 25.2 Å². The molecule has 2 fully saturated rings. The lowest BCUT2D eigenvalue weighted by molar-refractivity contribution is -0.152. The van der Waals surface area contributed by atoms with Gasteiger partial charge in [0.05, 0.1) is 30.8 Å². The number of urea groups is 1. The number of halogens is 2. The number of fused-ring (bicyclic) bond motifs is 6. The van der Waals surface area contributed by atoms with Crippen LogP contribution in [0.2, 0.25) is 5.02 Å². The highest BCUT2D eigenvalue weighted by atomic mass is 79.9. The Kier molecular flexibility index (Phi) is 23.8. The van der Waals surface area contributed by atoms with Crippen molar-refractivity contribution in [2.24, 2.45) is 17.6 Å². The van der Waals surface area contributed by atoms with Gasteiger partial charge in [-0.2, -0.15) is 0 Å². The number of aliphatic hydroxyl groups is 1. The average Bonchev–Trinajstić information content (AvgIpc) is 1.64. The van der Waals surface area contributed by atoms with Crippen LogP contribution in [-0.4, -0.2) is 144 Å².